The number of halogens is 1. The van der Waals surface area contributed by atoms with Gasteiger partial charge in [0.1, 0.15) is 5.82 Å². The maximum absolute atomic E-state index is 13.3. The van der Waals surface area contributed by atoms with Crippen LogP contribution in [0.5, 0.6) is 0 Å². The Hall–Kier alpha value is -1.68. The maximum atomic E-state index is 13.3. The molecule has 0 spiro atoms. The maximum Gasteiger partial charge on any atom is 0.123 e. The zero-order valence-electron chi connectivity index (χ0n) is 10.8. The Kier molecular flexibility index (Phi) is 4.10. The van der Waals surface area contributed by atoms with E-state index in [1.807, 2.05) is 19.2 Å². The van der Waals surface area contributed by atoms with Crippen molar-refractivity contribution in [2.45, 2.75) is 26.8 Å². The average molecular weight is 247 g/mol. The Balaban J connectivity index is 2.28. The molecule has 0 saturated carbocycles. The van der Waals surface area contributed by atoms with Crippen LogP contribution in [0.3, 0.4) is 0 Å². The highest BCUT2D eigenvalue weighted by Gasteiger charge is 2.07. The molecule has 0 atom stereocenters. The smallest absolute Gasteiger partial charge is 0.123 e. The van der Waals surface area contributed by atoms with E-state index in [-0.39, 0.29) is 5.82 Å². The molecule has 0 aliphatic heterocycles. The summed E-state index contributed by atoms with van der Waals surface area (Å²) in [5.41, 5.74) is 2.80. The van der Waals surface area contributed by atoms with Crippen LogP contribution >= 0.6 is 0 Å². The van der Waals surface area contributed by atoms with E-state index >= 15 is 0 Å². The van der Waals surface area contributed by atoms with E-state index < -0.39 is 0 Å². The van der Waals surface area contributed by atoms with Crippen LogP contribution < -0.4 is 5.32 Å². The number of benzene rings is 1. The molecule has 2 aromatic rings. The third-order valence-corrected chi connectivity index (χ3v) is 2.75. The largest absolute Gasteiger partial charge is 0.313 e. The van der Waals surface area contributed by atoms with Gasteiger partial charge in [-0.3, -0.25) is 0 Å². The molecule has 1 N–H and O–H groups in total. The van der Waals surface area contributed by atoms with Crippen molar-refractivity contribution in [3.63, 3.8) is 0 Å². The molecule has 2 rings (SSSR count). The van der Waals surface area contributed by atoms with Gasteiger partial charge < -0.3 is 5.32 Å². The van der Waals surface area contributed by atoms with Gasteiger partial charge in [0.05, 0.1) is 11.4 Å². The highest BCUT2D eigenvalue weighted by molar-refractivity contribution is 5.40. The zero-order valence-corrected chi connectivity index (χ0v) is 10.8. The quantitative estimate of drug-likeness (QED) is 0.823. The average Bonchev–Trinajstić information content (AvgIpc) is 2.76. The van der Waals surface area contributed by atoms with Crippen LogP contribution in [0.15, 0.2) is 30.5 Å². The number of nitrogens with zero attached hydrogens (tertiary/aromatic N) is 2. The van der Waals surface area contributed by atoms with E-state index in [1.165, 1.54) is 6.07 Å². The minimum atomic E-state index is -0.212. The fourth-order valence-corrected chi connectivity index (χ4v) is 1.87. The second-order valence-corrected chi connectivity index (χ2v) is 4.35. The Bertz CT molecular complexity index is 520. The van der Waals surface area contributed by atoms with Crippen molar-refractivity contribution in [1.82, 2.24) is 15.1 Å². The van der Waals surface area contributed by atoms with Gasteiger partial charge in [-0.25, -0.2) is 9.07 Å². The van der Waals surface area contributed by atoms with E-state index in [9.17, 15) is 4.39 Å². The number of nitrogens with one attached hydrogen (secondary N) is 1. The predicted octanol–water partition coefficient (Wildman–Crippen LogP) is 2.82. The number of aromatic nitrogens is 2. The third kappa shape index (κ3) is 2.96. The van der Waals surface area contributed by atoms with E-state index in [0.717, 1.165) is 29.9 Å². The molecule has 0 aliphatic rings. The van der Waals surface area contributed by atoms with Crippen LogP contribution in [-0.4, -0.2) is 16.3 Å². The fraction of sp³-hybridized carbons (Fsp3) is 0.357. The third-order valence-electron chi connectivity index (χ3n) is 2.75. The first-order chi connectivity index (χ1) is 8.70. The minimum absolute atomic E-state index is 0.212. The van der Waals surface area contributed by atoms with Gasteiger partial charge in [-0.2, -0.15) is 5.10 Å². The summed E-state index contributed by atoms with van der Waals surface area (Å²) in [6.07, 6.45) is 2.96. The lowest BCUT2D eigenvalue weighted by atomic mass is 10.1. The van der Waals surface area contributed by atoms with Crippen LogP contribution in [0, 0.1) is 12.7 Å². The van der Waals surface area contributed by atoms with E-state index in [1.54, 1.807) is 16.8 Å². The Morgan fingerprint density at radius 3 is 2.83 bits per heavy atom. The van der Waals surface area contributed by atoms with Crippen molar-refractivity contribution in [1.29, 1.82) is 0 Å². The molecule has 0 fully saturated rings. The van der Waals surface area contributed by atoms with Gasteiger partial charge in [-0.15, -0.1) is 0 Å². The summed E-state index contributed by atoms with van der Waals surface area (Å²) in [7, 11) is 0. The molecule has 0 saturated heterocycles. The number of hydrogen-bond donors (Lipinski definition) is 1. The standard InChI is InChI=1S/C14H18FN3/c1-3-7-16-10-12-9-13(15)4-5-14(12)18-8-6-11(2)17-18/h4-6,8-9,16H,3,7,10H2,1-2H3. The molecule has 1 aromatic carbocycles. The highest BCUT2D eigenvalue weighted by Crippen LogP contribution is 2.16. The van der Waals surface area contributed by atoms with E-state index in [2.05, 4.69) is 17.3 Å². The number of rotatable bonds is 5. The molecule has 0 amide bonds. The van der Waals surface area contributed by atoms with E-state index in [0.29, 0.717) is 6.54 Å². The number of aryl methyl sites for hydroxylation is 1. The van der Waals surface area contributed by atoms with Crippen LogP contribution in [0.1, 0.15) is 24.6 Å². The van der Waals surface area contributed by atoms with Crippen molar-refractivity contribution < 1.29 is 4.39 Å². The molecular formula is C14H18FN3. The van der Waals surface area contributed by atoms with Gasteiger partial charge in [0.15, 0.2) is 0 Å². The summed E-state index contributed by atoms with van der Waals surface area (Å²) in [5.74, 6) is -0.212. The lowest BCUT2D eigenvalue weighted by Crippen LogP contribution is -2.16. The summed E-state index contributed by atoms with van der Waals surface area (Å²) in [6.45, 7) is 5.62. The Morgan fingerprint density at radius 1 is 1.33 bits per heavy atom. The van der Waals surface area contributed by atoms with Gasteiger partial charge in [-0.1, -0.05) is 6.92 Å². The van der Waals surface area contributed by atoms with Gasteiger partial charge in [-0.05, 0) is 49.7 Å². The number of hydrogen-bond acceptors (Lipinski definition) is 2. The summed E-state index contributed by atoms with van der Waals surface area (Å²) in [5, 5.41) is 7.65. The van der Waals surface area contributed by atoms with Gasteiger partial charge in [0, 0.05) is 12.7 Å². The highest BCUT2D eigenvalue weighted by atomic mass is 19.1. The summed E-state index contributed by atoms with van der Waals surface area (Å²) < 4.78 is 15.1. The van der Waals surface area contributed by atoms with Gasteiger partial charge >= 0.3 is 0 Å². The molecule has 0 bridgehead atoms. The topological polar surface area (TPSA) is 29.9 Å². The van der Waals surface area contributed by atoms with Crippen molar-refractivity contribution in [3.05, 3.63) is 47.5 Å². The minimum Gasteiger partial charge on any atom is -0.313 e. The molecule has 4 heteroatoms. The molecule has 1 aromatic heterocycles. The van der Waals surface area contributed by atoms with Crippen LogP contribution in [0.25, 0.3) is 5.69 Å². The lowest BCUT2D eigenvalue weighted by Gasteiger charge is -2.10. The summed E-state index contributed by atoms with van der Waals surface area (Å²) in [6, 6.07) is 6.74. The second-order valence-electron chi connectivity index (χ2n) is 4.35. The normalized spacial score (nSPS) is 10.8. The summed E-state index contributed by atoms with van der Waals surface area (Å²) >= 11 is 0. The molecule has 18 heavy (non-hydrogen) atoms. The zero-order chi connectivity index (χ0) is 13.0. The molecule has 3 nitrogen and oxygen atoms in total. The monoisotopic (exact) mass is 247 g/mol. The Morgan fingerprint density at radius 2 is 2.17 bits per heavy atom. The molecule has 0 aliphatic carbocycles. The van der Waals surface area contributed by atoms with Gasteiger partial charge in [0.2, 0.25) is 0 Å². The first-order valence-electron chi connectivity index (χ1n) is 6.22. The van der Waals surface area contributed by atoms with E-state index in [4.69, 9.17) is 0 Å². The molecule has 0 radical (unpaired) electrons. The lowest BCUT2D eigenvalue weighted by molar-refractivity contribution is 0.616. The summed E-state index contributed by atoms with van der Waals surface area (Å²) in [4.78, 5) is 0. The fourth-order valence-electron chi connectivity index (χ4n) is 1.87. The Labute approximate surface area is 107 Å². The molecular weight excluding hydrogens is 229 g/mol. The van der Waals surface area contributed by atoms with Crippen LogP contribution in [0.2, 0.25) is 0 Å². The molecule has 96 valence electrons. The SMILES string of the molecule is CCCNCc1cc(F)ccc1-n1ccc(C)n1. The van der Waals surface area contributed by atoms with Crippen molar-refractivity contribution in [2.24, 2.45) is 0 Å². The van der Waals surface area contributed by atoms with Crippen LogP contribution in [-0.2, 0) is 6.54 Å². The first-order valence-corrected chi connectivity index (χ1v) is 6.22. The van der Waals surface area contributed by atoms with Crippen molar-refractivity contribution >= 4 is 0 Å². The molecule has 1 heterocycles. The van der Waals surface area contributed by atoms with Crippen LogP contribution in [0.4, 0.5) is 4.39 Å². The predicted molar refractivity (Wildman–Crippen MR) is 70.3 cm³/mol. The van der Waals surface area contributed by atoms with Gasteiger partial charge in [0.25, 0.3) is 0 Å². The molecule has 0 unspecified atom stereocenters. The second kappa shape index (κ2) is 5.78. The first kappa shape index (κ1) is 12.8. The van der Waals surface area contributed by atoms with Crippen molar-refractivity contribution in [3.8, 4) is 5.69 Å². The van der Waals surface area contributed by atoms with Crippen molar-refractivity contribution in [2.75, 3.05) is 6.54 Å².